The molecule has 0 fully saturated rings. The molecule has 0 unspecified atom stereocenters. The molecular formula is C15H16F3NO. The Kier molecular flexibility index (Phi) is 3.90. The van der Waals surface area contributed by atoms with Gasteiger partial charge in [0.1, 0.15) is 11.8 Å². The molecule has 2 aromatic rings. The van der Waals surface area contributed by atoms with Crippen LogP contribution in [0.1, 0.15) is 25.5 Å². The van der Waals surface area contributed by atoms with Crippen molar-refractivity contribution >= 4 is 10.8 Å². The number of hydrogen-bond donors (Lipinski definition) is 1. The molecule has 2 aromatic carbocycles. The van der Waals surface area contributed by atoms with Crippen LogP contribution in [0.4, 0.5) is 13.2 Å². The molecule has 0 saturated heterocycles. The van der Waals surface area contributed by atoms with Gasteiger partial charge in [0.25, 0.3) is 0 Å². The van der Waals surface area contributed by atoms with E-state index >= 15 is 0 Å². The summed E-state index contributed by atoms with van der Waals surface area (Å²) in [5.41, 5.74) is 5.38. The van der Waals surface area contributed by atoms with Crippen LogP contribution < -0.4 is 10.5 Å². The van der Waals surface area contributed by atoms with E-state index in [-0.39, 0.29) is 11.7 Å². The zero-order valence-electron chi connectivity index (χ0n) is 11.2. The molecule has 20 heavy (non-hydrogen) atoms. The minimum absolute atomic E-state index is 0.0551. The Hall–Kier alpha value is -1.75. The summed E-state index contributed by atoms with van der Waals surface area (Å²) >= 11 is 0. The van der Waals surface area contributed by atoms with Crippen LogP contribution in [0, 0.1) is 0 Å². The van der Waals surface area contributed by atoms with E-state index in [1.165, 1.54) is 6.07 Å². The van der Waals surface area contributed by atoms with Crippen molar-refractivity contribution in [1.82, 2.24) is 0 Å². The van der Waals surface area contributed by atoms with Crippen molar-refractivity contribution in [2.45, 2.75) is 32.2 Å². The Morgan fingerprint density at radius 3 is 2.20 bits per heavy atom. The molecule has 2 rings (SSSR count). The molecule has 2 nitrogen and oxygen atoms in total. The molecular weight excluding hydrogens is 267 g/mol. The monoisotopic (exact) mass is 283 g/mol. The van der Waals surface area contributed by atoms with Gasteiger partial charge in [-0.3, -0.25) is 0 Å². The fourth-order valence-corrected chi connectivity index (χ4v) is 2.11. The lowest BCUT2D eigenvalue weighted by molar-refractivity contribution is -0.148. The molecule has 0 heterocycles. The van der Waals surface area contributed by atoms with Crippen molar-refractivity contribution in [1.29, 1.82) is 0 Å². The molecule has 5 heteroatoms. The van der Waals surface area contributed by atoms with Crippen molar-refractivity contribution in [2.24, 2.45) is 5.73 Å². The topological polar surface area (TPSA) is 35.2 Å². The first-order valence-electron chi connectivity index (χ1n) is 6.31. The lowest BCUT2D eigenvalue weighted by Gasteiger charge is -2.19. The van der Waals surface area contributed by atoms with Crippen LogP contribution in [0.25, 0.3) is 10.8 Å². The summed E-state index contributed by atoms with van der Waals surface area (Å²) in [4.78, 5) is 0. The number of benzene rings is 2. The van der Waals surface area contributed by atoms with Crippen LogP contribution in [0.2, 0.25) is 0 Å². The molecule has 0 aromatic heterocycles. The number of rotatable bonds is 3. The van der Waals surface area contributed by atoms with E-state index in [1.54, 1.807) is 30.3 Å². The number of ether oxygens (including phenoxy) is 1. The summed E-state index contributed by atoms with van der Waals surface area (Å²) in [6, 6.07) is 7.75. The highest BCUT2D eigenvalue weighted by molar-refractivity contribution is 5.91. The highest BCUT2D eigenvalue weighted by Crippen LogP contribution is 2.36. The highest BCUT2D eigenvalue weighted by atomic mass is 19.4. The smallest absolute Gasteiger partial charge is 0.407 e. The Bertz CT molecular complexity index is 608. The van der Waals surface area contributed by atoms with Crippen molar-refractivity contribution in [3.05, 3.63) is 42.0 Å². The van der Waals surface area contributed by atoms with Crippen LogP contribution in [-0.4, -0.2) is 12.3 Å². The molecule has 0 amide bonds. The van der Waals surface area contributed by atoms with Crippen molar-refractivity contribution in [2.75, 3.05) is 0 Å². The third-order valence-electron chi connectivity index (χ3n) is 2.97. The van der Waals surface area contributed by atoms with Gasteiger partial charge in [0.15, 0.2) is 0 Å². The first kappa shape index (κ1) is 14.7. The number of alkyl halides is 3. The van der Waals surface area contributed by atoms with E-state index in [1.807, 2.05) is 13.8 Å². The summed E-state index contributed by atoms with van der Waals surface area (Å²) in [7, 11) is 0. The van der Waals surface area contributed by atoms with Gasteiger partial charge in [-0.2, -0.15) is 13.2 Å². The van der Waals surface area contributed by atoms with E-state index in [0.717, 1.165) is 0 Å². The quantitative estimate of drug-likeness (QED) is 0.916. The predicted molar refractivity (Wildman–Crippen MR) is 72.7 cm³/mol. The predicted octanol–water partition coefficient (Wildman–Crippen LogP) is 4.19. The second kappa shape index (κ2) is 5.32. The second-order valence-electron chi connectivity index (χ2n) is 4.88. The van der Waals surface area contributed by atoms with E-state index < -0.39 is 12.2 Å². The first-order chi connectivity index (χ1) is 9.30. The van der Waals surface area contributed by atoms with Crippen LogP contribution in [0.5, 0.6) is 5.75 Å². The summed E-state index contributed by atoms with van der Waals surface area (Å²) in [6.07, 6.45) is -4.52. The standard InChI is InChI=1S/C15H16F3NO/c1-9(2)20-13-8-4-5-10-11(13)6-3-7-12(10)14(19)15(16,17)18/h3-9,14H,19H2,1-2H3/t14-/m0/s1. The van der Waals surface area contributed by atoms with Crippen LogP contribution >= 0.6 is 0 Å². The van der Waals surface area contributed by atoms with Crippen molar-refractivity contribution in [3.8, 4) is 5.75 Å². The van der Waals surface area contributed by atoms with Crippen molar-refractivity contribution in [3.63, 3.8) is 0 Å². The van der Waals surface area contributed by atoms with Gasteiger partial charge in [0, 0.05) is 5.39 Å². The van der Waals surface area contributed by atoms with Gasteiger partial charge in [-0.15, -0.1) is 0 Å². The van der Waals surface area contributed by atoms with Crippen LogP contribution in [0.3, 0.4) is 0 Å². The maximum Gasteiger partial charge on any atom is 0.407 e. The fourth-order valence-electron chi connectivity index (χ4n) is 2.11. The van der Waals surface area contributed by atoms with E-state index in [4.69, 9.17) is 10.5 Å². The Morgan fingerprint density at radius 1 is 1.00 bits per heavy atom. The fraction of sp³-hybridized carbons (Fsp3) is 0.333. The average Bonchev–Trinajstić information content (AvgIpc) is 2.36. The second-order valence-corrected chi connectivity index (χ2v) is 4.88. The molecule has 0 aliphatic rings. The number of nitrogens with two attached hydrogens (primary N) is 1. The van der Waals surface area contributed by atoms with E-state index in [0.29, 0.717) is 16.5 Å². The van der Waals surface area contributed by atoms with Gasteiger partial charge in [0.2, 0.25) is 0 Å². The normalized spacial score (nSPS) is 13.8. The third-order valence-corrected chi connectivity index (χ3v) is 2.97. The van der Waals surface area contributed by atoms with Gasteiger partial charge < -0.3 is 10.5 Å². The largest absolute Gasteiger partial charge is 0.490 e. The van der Waals surface area contributed by atoms with E-state index in [9.17, 15) is 13.2 Å². The summed E-state index contributed by atoms with van der Waals surface area (Å²) < 4.78 is 44.1. The third kappa shape index (κ3) is 2.88. The van der Waals surface area contributed by atoms with Crippen molar-refractivity contribution < 1.29 is 17.9 Å². The summed E-state index contributed by atoms with van der Waals surface area (Å²) in [5, 5.41) is 1.11. The van der Waals surface area contributed by atoms with Crippen LogP contribution in [-0.2, 0) is 0 Å². The number of fused-ring (bicyclic) bond motifs is 1. The maximum atomic E-state index is 12.8. The van der Waals surface area contributed by atoms with Gasteiger partial charge in [0.05, 0.1) is 6.10 Å². The summed E-state index contributed by atoms with van der Waals surface area (Å²) in [6.45, 7) is 3.73. The Balaban J connectivity index is 2.59. The van der Waals surface area contributed by atoms with Gasteiger partial charge in [-0.1, -0.05) is 30.3 Å². The first-order valence-corrected chi connectivity index (χ1v) is 6.31. The highest BCUT2D eigenvalue weighted by Gasteiger charge is 2.38. The average molecular weight is 283 g/mol. The lowest BCUT2D eigenvalue weighted by Crippen LogP contribution is -2.28. The molecule has 2 N–H and O–H groups in total. The van der Waals surface area contributed by atoms with E-state index in [2.05, 4.69) is 0 Å². The molecule has 0 aliphatic carbocycles. The lowest BCUT2D eigenvalue weighted by atomic mass is 9.98. The molecule has 0 radical (unpaired) electrons. The van der Waals surface area contributed by atoms with Crippen LogP contribution in [0.15, 0.2) is 36.4 Å². The van der Waals surface area contributed by atoms with Gasteiger partial charge in [-0.25, -0.2) is 0 Å². The zero-order valence-corrected chi connectivity index (χ0v) is 11.2. The number of hydrogen-bond acceptors (Lipinski definition) is 2. The van der Waals surface area contributed by atoms with Gasteiger partial charge in [-0.05, 0) is 30.9 Å². The SMILES string of the molecule is CC(C)Oc1cccc2c([C@H](N)C(F)(F)F)cccc12. The molecule has 0 aliphatic heterocycles. The zero-order chi connectivity index (χ0) is 14.9. The van der Waals surface area contributed by atoms with Gasteiger partial charge >= 0.3 is 6.18 Å². The molecule has 0 bridgehead atoms. The maximum absolute atomic E-state index is 12.8. The molecule has 1 atom stereocenters. The molecule has 0 spiro atoms. The Labute approximate surface area is 115 Å². The minimum Gasteiger partial charge on any atom is -0.490 e. The number of halogens is 3. The molecule has 0 saturated carbocycles. The molecule has 108 valence electrons. The summed E-state index contributed by atoms with van der Waals surface area (Å²) in [5.74, 6) is 0.564. The minimum atomic E-state index is -4.47. The Morgan fingerprint density at radius 2 is 1.60 bits per heavy atom.